The molecule has 0 spiro atoms. The van der Waals surface area contributed by atoms with Crippen LogP contribution in [0.4, 0.5) is 0 Å². The zero-order valence-electron chi connectivity index (χ0n) is 11.1. The van der Waals surface area contributed by atoms with E-state index in [1.165, 1.54) is 11.3 Å². The minimum atomic E-state index is 0.132. The number of nitrogens with zero attached hydrogens (tertiary/aromatic N) is 3. The topological polar surface area (TPSA) is 47.8 Å². The number of carbonyl (C=O) groups is 1. The Morgan fingerprint density at radius 1 is 1.39 bits per heavy atom. The van der Waals surface area contributed by atoms with Gasteiger partial charge in [0, 0.05) is 12.2 Å². The third kappa shape index (κ3) is 2.51. The molecule has 0 aliphatic heterocycles. The van der Waals surface area contributed by atoms with E-state index < -0.39 is 0 Å². The molecule has 0 atom stereocenters. The van der Waals surface area contributed by atoms with Gasteiger partial charge in [-0.1, -0.05) is 0 Å². The van der Waals surface area contributed by atoms with E-state index in [4.69, 9.17) is 0 Å². The van der Waals surface area contributed by atoms with Crippen LogP contribution in [0.25, 0.3) is 0 Å². The summed E-state index contributed by atoms with van der Waals surface area (Å²) in [6.45, 7) is 8.58. The van der Waals surface area contributed by atoms with E-state index in [0.717, 1.165) is 33.5 Å². The fourth-order valence-electron chi connectivity index (χ4n) is 2.05. The zero-order chi connectivity index (χ0) is 13.3. The molecule has 0 saturated carbocycles. The van der Waals surface area contributed by atoms with Crippen LogP contribution in [0.5, 0.6) is 0 Å². The Labute approximate surface area is 111 Å². The predicted molar refractivity (Wildman–Crippen MR) is 72.3 cm³/mol. The number of rotatable bonds is 4. The van der Waals surface area contributed by atoms with E-state index in [9.17, 15) is 4.79 Å². The molecule has 4 nitrogen and oxygen atoms in total. The number of carbonyl (C=O) groups excluding carboxylic acids is 1. The third-order valence-corrected chi connectivity index (χ3v) is 3.90. The maximum Gasteiger partial charge on any atom is 0.180 e. The minimum Gasteiger partial charge on any atom is -0.293 e. The number of ketones is 1. The Kier molecular flexibility index (Phi) is 3.61. The van der Waals surface area contributed by atoms with Gasteiger partial charge in [0.2, 0.25) is 0 Å². The molecule has 2 rings (SSSR count). The molecule has 5 heteroatoms. The summed E-state index contributed by atoms with van der Waals surface area (Å²) >= 11 is 1.47. The molecule has 0 unspecified atom stereocenters. The van der Waals surface area contributed by atoms with Crippen molar-refractivity contribution >= 4 is 17.1 Å². The van der Waals surface area contributed by atoms with Crippen LogP contribution in [0.3, 0.4) is 0 Å². The molecular weight excluding hydrogens is 246 g/mol. The van der Waals surface area contributed by atoms with Crippen LogP contribution in [0.15, 0.2) is 6.07 Å². The highest BCUT2D eigenvalue weighted by Crippen LogP contribution is 2.19. The highest BCUT2D eigenvalue weighted by molar-refractivity contribution is 7.13. The minimum absolute atomic E-state index is 0.132. The molecule has 96 valence electrons. The predicted octanol–water partition coefficient (Wildman–Crippen LogP) is 2.71. The summed E-state index contributed by atoms with van der Waals surface area (Å²) in [5, 5.41) is 5.30. The summed E-state index contributed by atoms with van der Waals surface area (Å²) < 4.78 is 1.89. The lowest BCUT2D eigenvalue weighted by molar-refractivity contribution is 0.0993. The van der Waals surface area contributed by atoms with E-state index in [0.29, 0.717) is 6.42 Å². The fourth-order valence-corrected chi connectivity index (χ4v) is 2.91. The first-order valence-electron chi connectivity index (χ1n) is 6.01. The Hall–Kier alpha value is -1.49. The van der Waals surface area contributed by atoms with Crippen molar-refractivity contribution in [2.45, 2.75) is 40.7 Å². The average Bonchev–Trinajstić information content (AvgIpc) is 2.81. The Morgan fingerprint density at radius 3 is 2.67 bits per heavy atom. The van der Waals surface area contributed by atoms with Crippen molar-refractivity contribution in [3.8, 4) is 0 Å². The van der Waals surface area contributed by atoms with Crippen molar-refractivity contribution in [3.63, 3.8) is 0 Å². The van der Waals surface area contributed by atoms with Gasteiger partial charge >= 0.3 is 0 Å². The molecule has 0 fully saturated rings. The first-order valence-corrected chi connectivity index (χ1v) is 6.83. The number of aryl methyl sites for hydroxylation is 4. The summed E-state index contributed by atoms with van der Waals surface area (Å²) in [6.07, 6.45) is 0.400. The normalized spacial score (nSPS) is 10.9. The standard InChI is InChI=1S/C13H17N3OS/c1-5-16-11(6-8(2)15-16)7-12(17)13-9(3)14-10(4)18-13/h6H,5,7H2,1-4H3. The second-order valence-corrected chi connectivity index (χ2v) is 5.54. The lowest BCUT2D eigenvalue weighted by Crippen LogP contribution is -2.09. The van der Waals surface area contributed by atoms with E-state index in [2.05, 4.69) is 10.1 Å². The molecule has 0 N–H and O–H groups in total. The van der Waals surface area contributed by atoms with Crippen LogP contribution in [0.1, 0.15) is 38.7 Å². The average molecular weight is 263 g/mol. The molecule has 2 aromatic heterocycles. The van der Waals surface area contributed by atoms with Crippen molar-refractivity contribution < 1.29 is 4.79 Å². The van der Waals surface area contributed by atoms with Crippen molar-refractivity contribution in [1.82, 2.24) is 14.8 Å². The monoisotopic (exact) mass is 263 g/mol. The number of aromatic nitrogens is 3. The van der Waals surface area contributed by atoms with Gasteiger partial charge in [0.25, 0.3) is 0 Å². The summed E-state index contributed by atoms with van der Waals surface area (Å²) in [4.78, 5) is 17.3. The van der Waals surface area contributed by atoms with E-state index in [1.807, 2.05) is 38.4 Å². The summed E-state index contributed by atoms with van der Waals surface area (Å²) in [5.41, 5.74) is 2.77. The number of thiazole rings is 1. The summed E-state index contributed by atoms with van der Waals surface area (Å²) in [7, 11) is 0. The third-order valence-electron chi connectivity index (χ3n) is 2.78. The molecule has 0 saturated heterocycles. The van der Waals surface area contributed by atoms with E-state index in [-0.39, 0.29) is 5.78 Å². The lowest BCUT2D eigenvalue weighted by atomic mass is 10.1. The van der Waals surface area contributed by atoms with Crippen LogP contribution in [-0.4, -0.2) is 20.5 Å². The van der Waals surface area contributed by atoms with Crippen LogP contribution in [0, 0.1) is 20.8 Å². The lowest BCUT2D eigenvalue weighted by Gasteiger charge is -2.03. The van der Waals surface area contributed by atoms with Crippen LogP contribution in [-0.2, 0) is 13.0 Å². The zero-order valence-corrected chi connectivity index (χ0v) is 12.0. The van der Waals surface area contributed by atoms with Crippen molar-refractivity contribution in [1.29, 1.82) is 0 Å². The van der Waals surface area contributed by atoms with Gasteiger partial charge in [-0.05, 0) is 33.8 Å². The summed E-state index contributed by atoms with van der Waals surface area (Å²) in [5.74, 6) is 0.132. The molecule has 0 bridgehead atoms. The van der Waals surface area contributed by atoms with Gasteiger partial charge in [-0.25, -0.2) is 4.98 Å². The maximum atomic E-state index is 12.3. The first kappa shape index (κ1) is 13.0. The van der Waals surface area contributed by atoms with Gasteiger partial charge in [0.1, 0.15) is 0 Å². The van der Waals surface area contributed by atoms with Gasteiger partial charge in [0.05, 0.1) is 27.7 Å². The largest absolute Gasteiger partial charge is 0.293 e. The Bertz CT molecular complexity index is 583. The van der Waals surface area contributed by atoms with Crippen molar-refractivity contribution in [2.24, 2.45) is 0 Å². The van der Waals surface area contributed by atoms with E-state index >= 15 is 0 Å². The molecule has 18 heavy (non-hydrogen) atoms. The first-order chi connectivity index (χ1) is 8.51. The van der Waals surface area contributed by atoms with Crippen molar-refractivity contribution in [2.75, 3.05) is 0 Å². The number of hydrogen-bond acceptors (Lipinski definition) is 4. The summed E-state index contributed by atoms with van der Waals surface area (Å²) in [6, 6.07) is 1.98. The second kappa shape index (κ2) is 5.02. The molecule has 2 heterocycles. The molecule has 0 aliphatic carbocycles. The second-order valence-electron chi connectivity index (χ2n) is 4.34. The molecule has 0 aliphatic rings. The highest BCUT2D eigenvalue weighted by Gasteiger charge is 2.16. The highest BCUT2D eigenvalue weighted by atomic mass is 32.1. The molecule has 0 aromatic carbocycles. The number of hydrogen-bond donors (Lipinski definition) is 0. The smallest absolute Gasteiger partial charge is 0.180 e. The SMILES string of the molecule is CCn1nc(C)cc1CC(=O)c1sc(C)nc1C. The Balaban J connectivity index is 2.23. The van der Waals surface area contributed by atoms with Gasteiger partial charge in [0.15, 0.2) is 5.78 Å². The van der Waals surface area contributed by atoms with Gasteiger partial charge in [-0.2, -0.15) is 5.10 Å². The molecule has 2 aromatic rings. The van der Waals surface area contributed by atoms with Crippen LogP contribution >= 0.6 is 11.3 Å². The maximum absolute atomic E-state index is 12.3. The van der Waals surface area contributed by atoms with Gasteiger partial charge in [-0.15, -0.1) is 11.3 Å². The van der Waals surface area contributed by atoms with Crippen LogP contribution in [0.2, 0.25) is 0 Å². The molecular formula is C13H17N3OS. The number of Topliss-reactive ketones (excluding diaryl/α,β-unsaturated/α-hetero) is 1. The van der Waals surface area contributed by atoms with Crippen LogP contribution < -0.4 is 0 Å². The fraction of sp³-hybridized carbons (Fsp3) is 0.462. The van der Waals surface area contributed by atoms with Gasteiger partial charge < -0.3 is 0 Å². The molecule has 0 amide bonds. The quantitative estimate of drug-likeness (QED) is 0.797. The van der Waals surface area contributed by atoms with E-state index in [1.54, 1.807) is 0 Å². The molecule has 0 radical (unpaired) electrons. The Morgan fingerprint density at radius 2 is 2.11 bits per heavy atom. The van der Waals surface area contributed by atoms with Gasteiger partial charge in [-0.3, -0.25) is 9.48 Å². The van der Waals surface area contributed by atoms with Crippen molar-refractivity contribution in [3.05, 3.63) is 33.0 Å².